The number of benzene rings is 2. The van der Waals surface area contributed by atoms with Gasteiger partial charge in [0.25, 0.3) is 0 Å². The van der Waals surface area contributed by atoms with Gasteiger partial charge in [-0.1, -0.05) is 0 Å². The summed E-state index contributed by atoms with van der Waals surface area (Å²) in [5.74, 6) is -11.8. The molecule has 2 heterocycles. The Labute approximate surface area is 205 Å². The van der Waals surface area contributed by atoms with E-state index in [4.69, 9.17) is 0 Å². The van der Waals surface area contributed by atoms with Crippen molar-refractivity contribution in [3.63, 3.8) is 0 Å². The SMILES string of the molecule is O=S(=O)(c1c(F)c(F)c(F)c(F)c1F)N(Cc1cnn(-c2ccc(N3CCCCC3)cc2)c1)C1CC1. The molecule has 2 aromatic carbocycles. The van der Waals surface area contributed by atoms with E-state index in [-0.39, 0.29) is 6.54 Å². The molecule has 192 valence electrons. The number of halogens is 5. The minimum absolute atomic E-state index is 0.335. The van der Waals surface area contributed by atoms with Gasteiger partial charge in [0, 0.05) is 43.1 Å². The lowest BCUT2D eigenvalue weighted by Gasteiger charge is -2.28. The van der Waals surface area contributed by atoms with E-state index >= 15 is 0 Å². The Kier molecular flexibility index (Phi) is 6.50. The van der Waals surface area contributed by atoms with Crippen molar-refractivity contribution >= 4 is 15.7 Å². The first-order chi connectivity index (χ1) is 17.2. The monoisotopic (exact) mass is 526 g/mol. The zero-order chi connectivity index (χ0) is 25.6. The summed E-state index contributed by atoms with van der Waals surface area (Å²) < 4.78 is 98.0. The van der Waals surface area contributed by atoms with Crippen molar-refractivity contribution in [3.8, 4) is 5.69 Å². The van der Waals surface area contributed by atoms with Crippen LogP contribution in [0, 0.1) is 29.1 Å². The number of rotatable bonds is 7. The van der Waals surface area contributed by atoms with Crippen LogP contribution in [-0.2, 0) is 16.6 Å². The van der Waals surface area contributed by atoms with Crippen molar-refractivity contribution in [1.29, 1.82) is 0 Å². The van der Waals surface area contributed by atoms with E-state index in [0.29, 0.717) is 18.4 Å². The molecule has 1 aliphatic carbocycles. The van der Waals surface area contributed by atoms with Gasteiger partial charge in [-0.2, -0.15) is 9.40 Å². The number of hydrogen-bond donors (Lipinski definition) is 0. The average Bonchev–Trinajstić information content (AvgIpc) is 3.62. The van der Waals surface area contributed by atoms with E-state index in [0.717, 1.165) is 41.6 Å². The van der Waals surface area contributed by atoms with Crippen LogP contribution in [0.2, 0.25) is 0 Å². The predicted octanol–water partition coefficient (Wildman–Crippen LogP) is 4.91. The summed E-state index contributed by atoms with van der Waals surface area (Å²) in [6.07, 6.45) is 7.30. The smallest absolute Gasteiger partial charge is 0.249 e. The van der Waals surface area contributed by atoms with Gasteiger partial charge in [-0.25, -0.2) is 35.1 Å². The van der Waals surface area contributed by atoms with Crippen LogP contribution in [0.25, 0.3) is 5.69 Å². The van der Waals surface area contributed by atoms with Crippen LogP contribution < -0.4 is 4.90 Å². The standard InChI is InChI=1S/C24H23F5N4O2S/c25-19-20(26)22(28)24(23(29)21(19)27)36(34,35)33(18-8-9-18)14-15-12-30-32(13-15)17-6-4-16(5-7-17)31-10-2-1-3-11-31/h4-7,12-13,18H,1-3,8-11,14H2. The first-order valence-corrected chi connectivity index (χ1v) is 13.0. The first kappa shape index (κ1) is 24.7. The molecule has 12 heteroatoms. The average molecular weight is 527 g/mol. The van der Waals surface area contributed by atoms with Crippen LogP contribution in [0.3, 0.4) is 0 Å². The van der Waals surface area contributed by atoms with Crippen molar-refractivity contribution in [2.24, 2.45) is 0 Å². The van der Waals surface area contributed by atoms with Gasteiger partial charge >= 0.3 is 0 Å². The number of nitrogens with zero attached hydrogens (tertiary/aromatic N) is 4. The summed E-state index contributed by atoms with van der Waals surface area (Å²) >= 11 is 0. The molecule has 0 bridgehead atoms. The molecule has 1 aromatic heterocycles. The van der Waals surface area contributed by atoms with Gasteiger partial charge in [0.15, 0.2) is 28.2 Å². The molecule has 6 nitrogen and oxygen atoms in total. The molecule has 2 aliphatic rings. The number of piperidine rings is 1. The molecular weight excluding hydrogens is 503 g/mol. The zero-order valence-electron chi connectivity index (χ0n) is 19.1. The number of sulfonamides is 1. The summed E-state index contributed by atoms with van der Waals surface area (Å²) in [7, 11) is -5.04. The fraction of sp³-hybridized carbons (Fsp3) is 0.375. The topological polar surface area (TPSA) is 58.4 Å². The second-order valence-corrected chi connectivity index (χ2v) is 10.9. The Morgan fingerprint density at radius 1 is 0.833 bits per heavy atom. The maximum absolute atomic E-state index is 14.3. The molecule has 0 N–H and O–H groups in total. The van der Waals surface area contributed by atoms with E-state index in [1.54, 1.807) is 6.20 Å². The molecular formula is C24H23F5N4O2S. The summed E-state index contributed by atoms with van der Waals surface area (Å²) in [6, 6.07) is 7.10. The number of anilines is 1. The summed E-state index contributed by atoms with van der Waals surface area (Å²) in [4.78, 5) is 0.464. The maximum atomic E-state index is 14.3. The third kappa shape index (κ3) is 4.47. The minimum atomic E-state index is -5.04. The molecule has 5 rings (SSSR count). The molecule has 0 amide bonds. The van der Waals surface area contributed by atoms with Crippen molar-refractivity contribution < 1.29 is 30.4 Å². The maximum Gasteiger partial charge on any atom is 0.249 e. The molecule has 0 atom stereocenters. The van der Waals surface area contributed by atoms with Crippen LogP contribution in [0.5, 0.6) is 0 Å². The van der Waals surface area contributed by atoms with Gasteiger partial charge in [-0.3, -0.25) is 0 Å². The van der Waals surface area contributed by atoms with Crippen LogP contribution >= 0.6 is 0 Å². The lowest BCUT2D eigenvalue weighted by molar-refractivity contribution is 0.346. The Bertz CT molecular complexity index is 1360. The van der Waals surface area contributed by atoms with E-state index < -0.39 is 50.0 Å². The summed E-state index contributed by atoms with van der Waals surface area (Å²) in [6.45, 7) is 1.66. The fourth-order valence-electron chi connectivity index (χ4n) is 4.43. The highest BCUT2D eigenvalue weighted by Gasteiger charge is 2.43. The Morgan fingerprint density at radius 2 is 1.39 bits per heavy atom. The number of hydrogen-bond acceptors (Lipinski definition) is 4. The van der Waals surface area contributed by atoms with Crippen LogP contribution in [0.4, 0.5) is 27.6 Å². The minimum Gasteiger partial charge on any atom is -0.372 e. The molecule has 1 saturated carbocycles. The predicted molar refractivity (Wildman–Crippen MR) is 122 cm³/mol. The molecule has 2 fully saturated rings. The zero-order valence-corrected chi connectivity index (χ0v) is 19.9. The molecule has 0 spiro atoms. The van der Waals surface area contributed by atoms with Gasteiger partial charge in [0.2, 0.25) is 15.8 Å². The molecule has 1 saturated heterocycles. The Hall–Kier alpha value is -2.99. The van der Waals surface area contributed by atoms with Crippen molar-refractivity contribution in [2.45, 2.75) is 49.6 Å². The molecule has 0 radical (unpaired) electrons. The Balaban J connectivity index is 1.40. The van der Waals surface area contributed by atoms with Gasteiger partial charge in [-0.15, -0.1) is 0 Å². The van der Waals surface area contributed by atoms with Crippen molar-refractivity contribution in [2.75, 3.05) is 18.0 Å². The van der Waals surface area contributed by atoms with E-state index in [2.05, 4.69) is 10.00 Å². The molecule has 3 aromatic rings. The Morgan fingerprint density at radius 3 is 1.97 bits per heavy atom. The van der Waals surface area contributed by atoms with Gasteiger partial charge < -0.3 is 4.90 Å². The summed E-state index contributed by atoms with van der Waals surface area (Å²) in [5, 5.41) is 4.25. The van der Waals surface area contributed by atoms with E-state index in [9.17, 15) is 30.4 Å². The van der Waals surface area contributed by atoms with Gasteiger partial charge in [0.05, 0.1) is 11.9 Å². The molecule has 36 heavy (non-hydrogen) atoms. The third-order valence-electron chi connectivity index (χ3n) is 6.50. The van der Waals surface area contributed by atoms with E-state index in [1.165, 1.54) is 17.3 Å². The quantitative estimate of drug-likeness (QED) is 0.249. The molecule has 0 unspecified atom stereocenters. The highest BCUT2D eigenvalue weighted by Crippen LogP contribution is 2.36. The normalized spacial score (nSPS) is 16.7. The van der Waals surface area contributed by atoms with Crippen molar-refractivity contribution in [3.05, 3.63) is 71.3 Å². The lowest BCUT2D eigenvalue weighted by Crippen LogP contribution is -2.34. The van der Waals surface area contributed by atoms with Crippen molar-refractivity contribution in [1.82, 2.24) is 14.1 Å². The van der Waals surface area contributed by atoms with Crippen LogP contribution in [0.1, 0.15) is 37.7 Å². The summed E-state index contributed by atoms with van der Waals surface area (Å²) in [5.41, 5.74) is 2.22. The lowest BCUT2D eigenvalue weighted by atomic mass is 10.1. The second-order valence-electron chi connectivity index (χ2n) is 9.04. The highest BCUT2D eigenvalue weighted by molar-refractivity contribution is 7.89. The fourth-order valence-corrected chi connectivity index (χ4v) is 6.22. The van der Waals surface area contributed by atoms with Crippen LogP contribution in [-0.4, -0.2) is 41.6 Å². The van der Waals surface area contributed by atoms with Crippen LogP contribution in [0.15, 0.2) is 41.6 Å². The molecule has 1 aliphatic heterocycles. The van der Waals surface area contributed by atoms with E-state index in [1.807, 2.05) is 24.3 Å². The number of aromatic nitrogens is 2. The van der Waals surface area contributed by atoms with Gasteiger partial charge in [0.1, 0.15) is 0 Å². The highest BCUT2D eigenvalue weighted by atomic mass is 32.2. The van der Waals surface area contributed by atoms with Gasteiger partial charge in [-0.05, 0) is 56.4 Å². The largest absolute Gasteiger partial charge is 0.372 e. The first-order valence-electron chi connectivity index (χ1n) is 11.6. The third-order valence-corrected chi connectivity index (χ3v) is 8.42. The second kappa shape index (κ2) is 9.47.